The molecule has 1 heterocycles. The predicted octanol–water partition coefficient (Wildman–Crippen LogP) is 3.68. The third-order valence-corrected chi connectivity index (χ3v) is 4.33. The zero-order chi connectivity index (χ0) is 19.2. The van der Waals surface area contributed by atoms with Gasteiger partial charge in [0, 0.05) is 28.6 Å². The fourth-order valence-corrected chi connectivity index (χ4v) is 2.55. The Balaban J connectivity index is 1.58. The molecule has 0 bridgehead atoms. The fraction of sp³-hybridized carbons (Fsp3) is 0.250. The van der Waals surface area contributed by atoms with Crippen LogP contribution in [0.15, 0.2) is 53.1 Å². The molecule has 1 unspecified atom stereocenters. The zero-order valence-electron chi connectivity index (χ0n) is 15.1. The summed E-state index contributed by atoms with van der Waals surface area (Å²) in [6, 6.07) is 14.0. The number of ketones is 1. The van der Waals surface area contributed by atoms with E-state index < -0.39 is 0 Å². The van der Waals surface area contributed by atoms with Gasteiger partial charge in [-0.2, -0.15) is 4.98 Å². The van der Waals surface area contributed by atoms with Gasteiger partial charge >= 0.3 is 0 Å². The number of nitrogens with zero attached hydrogens (tertiary/aromatic N) is 2. The number of hydrogen-bond acceptors (Lipinski definition) is 6. The van der Waals surface area contributed by atoms with E-state index in [2.05, 4.69) is 15.5 Å². The number of aromatic nitrogens is 2. The van der Waals surface area contributed by atoms with Crippen LogP contribution in [-0.4, -0.2) is 29.0 Å². The van der Waals surface area contributed by atoms with Gasteiger partial charge in [0.15, 0.2) is 18.2 Å². The molecule has 0 spiro atoms. The molecule has 27 heavy (non-hydrogen) atoms. The van der Waals surface area contributed by atoms with Crippen LogP contribution in [0, 0.1) is 0 Å². The van der Waals surface area contributed by atoms with Crippen molar-refractivity contribution in [3.63, 3.8) is 0 Å². The average molecular weight is 386 g/mol. The van der Waals surface area contributed by atoms with Crippen LogP contribution in [0.5, 0.6) is 5.75 Å². The highest BCUT2D eigenvalue weighted by Crippen LogP contribution is 2.18. The molecule has 1 atom stereocenters. The van der Waals surface area contributed by atoms with E-state index in [1.807, 2.05) is 14.0 Å². The van der Waals surface area contributed by atoms with E-state index in [1.54, 1.807) is 48.5 Å². The number of likely N-dealkylation sites (N-methyl/N-ethyl adjacent to an activating group) is 1. The molecule has 7 heteroatoms. The lowest BCUT2D eigenvalue weighted by atomic mass is 10.0. The van der Waals surface area contributed by atoms with E-state index in [0.717, 1.165) is 0 Å². The van der Waals surface area contributed by atoms with Crippen LogP contribution >= 0.6 is 11.6 Å². The zero-order valence-corrected chi connectivity index (χ0v) is 15.9. The first-order valence-corrected chi connectivity index (χ1v) is 8.95. The van der Waals surface area contributed by atoms with E-state index in [0.29, 0.717) is 40.0 Å². The van der Waals surface area contributed by atoms with E-state index in [-0.39, 0.29) is 18.4 Å². The maximum Gasteiger partial charge on any atom is 0.264 e. The molecule has 0 aliphatic rings. The van der Waals surface area contributed by atoms with Crippen molar-refractivity contribution in [2.24, 2.45) is 0 Å². The summed E-state index contributed by atoms with van der Waals surface area (Å²) in [5, 5.41) is 7.65. The molecular formula is C20H20ClN3O3. The number of ether oxygens (including phenoxy) is 1. The molecule has 6 nitrogen and oxygen atoms in total. The van der Waals surface area contributed by atoms with E-state index >= 15 is 0 Å². The summed E-state index contributed by atoms with van der Waals surface area (Å²) in [5.74, 6) is 1.60. The van der Waals surface area contributed by atoms with Gasteiger partial charge in [0.1, 0.15) is 5.75 Å². The summed E-state index contributed by atoms with van der Waals surface area (Å²) in [6.45, 7) is 2.21. The van der Waals surface area contributed by atoms with Gasteiger partial charge in [0.25, 0.3) is 5.89 Å². The lowest BCUT2D eigenvalue weighted by Crippen LogP contribution is -2.24. The SMILES string of the molecule is CNC(C)Cc1noc(COc2ccc(C(=O)c3ccc(Cl)cc3)cc2)n1. The molecule has 3 rings (SSSR count). The molecule has 1 N–H and O–H groups in total. The van der Waals surface area contributed by atoms with Crippen molar-refractivity contribution in [3.8, 4) is 5.75 Å². The fourth-order valence-electron chi connectivity index (χ4n) is 2.42. The number of carbonyl (C=O) groups is 1. The molecule has 1 aromatic heterocycles. The highest BCUT2D eigenvalue weighted by Gasteiger charge is 2.11. The van der Waals surface area contributed by atoms with Crippen LogP contribution in [0.3, 0.4) is 0 Å². The minimum atomic E-state index is -0.0709. The summed E-state index contributed by atoms with van der Waals surface area (Å²) in [7, 11) is 1.89. The maximum absolute atomic E-state index is 12.4. The Morgan fingerprint density at radius 1 is 1.15 bits per heavy atom. The van der Waals surface area contributed by atoms with Crippen LogP contribution in [0.4, 0.5) is 0 Å². The van der Waals surface area contributed by atoms with Crippen LogP contribution in [0.2, 0.25) is 5.02 Å². The number of carbonyl (C=O) groups excluding carboxylic acids is 1. The molecule has 0 aliphatic carbocycles. The van der Waals surface area contributed by atoms with Crippen molar-refractivity contribution in [3.05, 3.63) is 76.4 Å². The Bertz CT molecular complexity index is 892. The summed E-state index contributed by atoms with van der Waals surface area (Å²) >= 11 is 5.85. The van der Waals surface area contributed by atoms with E-state index in [1.165, 1.54) is 0 Å². The second-order valence-corrected chi connectivity index (χ2v) is 6.58. The normalized spacial score (nSPS) is 12.0. The standard InChI is InChI=1S/C20H20ClN3O3/c1-13(22-2)11-18-23-19(27-24-18)12-26-17-9-5-15(6-10-17)20(25)14-3-7-16(21)8-4-14/h3-10,13,22H,11-12H2,1-2H3. The largest absolute Gasteiger partial charge is 0.484 e. The molecule has 140 valence electrons. The van der Waals surface area contributed by atoms with Crippen LogP contribution in [-0.2, 0) is 13.0 Å². The first-order valence-electron chi connectivity index (χ1n) is 8.57. The second kappa shape index (κ2) is 8.79. The molecule has 0 aliphatic heterocycles. The second-order valence-electron chi connectivity index (χ2n) is 6.15. The quantitative estimate of drug-likeness (QED) is 0.596. The average Bonchev–Trinajstić information content (AvgIpc) is 3.14. The molecular weight excluding hydrogens is 366 g/mol. The Morgan fingerprint density at radius 2 is 1.78 bits per heavy atom. The van der Waals surface area contributed by atoms with Crippen LogP contribution < -0.4 is 10.1 Å². The highest BCUT2D eigenvalue weighted by atomic mass is 35.5. The third kappa shape index (κ3) is 5.15. The minimum Gasteiger partial charge on any atom is -0.484 e. The first-order chi connectivity index (χ1) is 13.0. The third-order valence-electron chi connectivity index (χ3n) is 4.08. The Hall–Kier alpha value is -2.70. The topological polar surface area (TPSA) is 77.3 Å². The van der Waals surface area contributed by atoms with Gasteiger partial charge in [-0.3, -0.25) is 4.79 Å². The molecule has 0 saturated carbocycles. The van der Waals surface area contributed by atoms with Crippen molar-refractivity contribution in [1.82, 2.24) is 15.5 Å². The lowest BCUT2D eigenvalue weighted by Gasteiger charge is -2.05. The number of rotatable bonds is 8. The van der Waals surface area contributed by atoms with Gasteiger partial charge in [-0.15, -0.1) is 0 Å². The summed E-state index contributed by atoms with van der Waals surface area (Å²) < 4.78 is 10.8. The van der Waals surface area contributed by atoms with Crippen molar-refractivity contribution >= 4 is 17.4 Å². The summed E-state index contributed by atoms with van der Waals surface area (Å²) in [4.78, 5) is 16.7. The molecule has 0 fully saturated rings. The van der Waals surface area contributed by atoms with Gasteiger partial charge in [-0.1, -0.05) is 16.8 Å². The van der Waals surface area contributed by atoms with Crippen LogP contribution in [0.1, 0.15) is 34.6 Å². The van der Waals surface area contributed by atoms with Gasteiger partial charge < -0.3 is 14.6 Å². The Kier molecular flexibility index (Phi) is 6.21. The van der Waals surface area contributed by atoms with Gasteiger partial charge in [0.05, 0.1) is 0 Å². The Labute approximate surface area is 162 Å². The minimum absolute atomic E-state index is 0.0709. The molecule has 0 radical (unpaired) electrons. The number of halogens is 1. The predicted molar refractivity (Wildman–Crippen MR) is 102 cm³/mol. The first kappa shape index (κ1) is 19.1. The molecule has 2 aromatic carbocycles. The molecule has 0 saturated heterocycles. The molecule has 3 aromatic rings. The summed E-state index contributed by atoms with van der Waals surface area (Å²) in [6.07, 6.45) is 0.682. The monoisotopic (exact) mass is 385 g/mol. The van der Waals surface area contributed by atoms with Gasteiger partial charge in [-0.25, -0.2) is 0 Å². The number of nitrogens with one attached hydrogen (secondary N) is 1. The van der Waals surface area contributed by atoms with Crippen molar-refractivity contribution in [2.45, 2.75) is 26.0 Å². The van der Waals surface area contributed by atoms with Crippen molar-refractivity contribution in [2.75, 3.05) is 7.05 Å². The number of benzene rings is 2. The van der Waals surface area contributed by atoms with Crippen molar-refractivity contribution in [1.29, 1.82) is 0 Å². The summed E-state index contributed by atoms with van der Waals surface area (Å²) in [5.41, 5.74) is 1.16. The maximum atomic E-state index is 12.4. The smallest absolute Gasteiger partial charge is 0.264 e. The lowest BCUT2D eigenvalue weighted by molar-refractivity contribution is 0.103. The Morgan fingerprint density at radius 3 is 2.41 bits per heavy atom. The highest BCUT2D eigenvalue weighted by molar-refractivity contribution is 6.30. The number of hydrogen-bond donors (Lipinski definition) is 1. The van der Waals surface area contributed by atoms with Gasteiger partial charge in [-0.05, 0) is 62.5 Å². The van der Waals surface area contributed by atoms with Gasteiger partial charge in [0.2, 0.25) is 0 Å². The van der Waals surface area contributed by atoms with E-state index in [9.17, 15) is 4.79 Å². The van der Waals surface area contributed by atoms with Crippen LogP contribution in [0.25, 0.3) is 0 Å². The van der Waals surface area contributed by atoms with E-state index in [4.69, 9.17) is 20.9 Å². The van der Waals surface area contributed by atoms with Crippen molar-refractivity contribution < 1.29 is 14.1 Å². The molecule has 0 amide bonds.